The van der Waals surface area contributed by atoms with Crippen LogP contribution >= 0.6 is 23.1 Å². The summed E-state index contributed by atoms with van der Waals surface area (Å²) in [6.45, 7) is 3.24. The molecule has 0 saturated heterocycles. The molecule has 0 fully saturated rings. The first-order valence-corrected chi connectivity index (χ1v) is 12.0. The molecule has 0 unspecified atom stereocenters. The van der Waals surface area contributed by atoms with Crippen molar-refractivity contribution in [2.45, 2.75) is 18.9 Å². The molecule has 0 radical (unpaired) electrons. The lowest BCUT2D eigenvalue weighted by Gasteiger charge is -2.05. The van der Waals surface area contributed by atoms with Crippen molar-refractivity contribution in [3.63, 3.8) is 0 Å². The predicted octanol–water partition coefficient (Wildman–Crippen LogP) is 4.27. The van der Waals surface area contributed by atoms with Crippen molar-refractivity contribution in [1.82, 2.24) is 9.97 Å². The smallest absolute Gasteiger partial charge is 0.342 e. The summed E-state index contributed by atoms with van der Waals surface area (Å²) < 4.78 is 10.4. The molecule has 9 nitrogen and oxygen atoms in total. The molecule has 0 saturated carbocycles. The van der Waals surface area contributed by atoms with Gasteiger partial charge in [-0.15, -0.1) is 11.3 Å². The number of hydrogen-bond acceptors (Lipinski definition) is 9. The van der Waals surface area contributed by atoms with E-state index >= 15 is 0 Å². The normalized spacial score (nSPS) is 10.9. The van der Waals surface area contributed by atoms with Crippen LogP contribution in [0.3, 0.4) is 0 Å². The Hall–Kier alpha value is -3.70. The van der Waals surface area contributed by atoms with E-state index in [1.807, 2.05) is 36.4 Å². The van der Waals surface area contributed by atoms with Gasteiger partial charge in [0.2, 0.25) is 11.8 Å². The van der Waals surface area contributed by atoms with E-state index in [1.54, 1.807) is 18.3 Å². The van der Waals surface area contributed by atoms with Crippen molar-refractivity contribution in [3.8, 4) is 10.4 Å². The molecule has 34 heavy (non-hydrogen) atoms. The molecule has 0 bridgehead atoms. The maximum atomic E-state index is 12.6. The van der Waals surface area contributed by atoms with Crippen LogP contribution in [0, 0.1) is 6.92 Å². The zero-order valence-electron chi connectivity index (χ0n) is 18.3. The lowest BCUT2D eigenvalue weighted by molar-refractivity contribution is -0.113. The predicted molar refractivity (Wildman–Crippen MR) is 130 cm³/mol. The van der Waals surface area contributed by atoms with Gasteiger partial charge >= 0.3 is 5.97 Å². The van der Waals surface area contributed by atoms with Gasteiger partial charge < -0.3 is 14.9 Å². The zero-order valence-corrected chi connectivity index (χ0v) is 19.9. The first kappa shape index (κ1) is 23.5. The quantitative estimate of drug-likeness (QED) is 0.210. The summed E-state index contributed by atoms with van der Waals surface area (Å²) in [5.74, 6) is -2.20. The Morgan fingerprint density at radius 1 is 1.18 bits per heavy atom. The minimum atomic E-state index is -0.910. The summed E-state index contributed by atoms with van der Waals surface area (Å²) in [4.78, 5) is 47.3. The van der Waals surface area contributed by atoms with Gasteiger partial charge in [-0.3, -0.25) is 14.9 Å². The maximum Gasteiger partial charge on any atom is 0.342 e. The molecule has 4 aromatic rings. The third-order valence-electron chi connectivity index (χ3n) is 4.75. The number of thioether (sulfide) groups is 1. The van der Waals surface area contributed by atoms with Crippen LogP contribution in [0.15, 0.2) is 52.2 Å². The molecule has 2 amide bonds. The van der Waals surface area contributed by atoms with Crippen LogP contribution in [0.2, 0.25) is 0 Å². The summed E-state index contributed by atoms with van der Waals surface area (Å²) in [7, 11) is 0. The fourth-order valence-electron chi connectivity index (χ4n) is 3.31. The number of esters is 1. The van der Waals surface area contributed by atoms with Crippen LogP contribution in [0.4, 0.5) is 5.88 Å². The highest BCUT2D eigenvalue weighted by molar-refractivity contribution is 8.00. The van der Waals surface area contributed by atoms with Gasteiger partial charge in [0.1, 0.15) is 33.1 Å². The maximum absolute atomic E-state index is 12.6. The fourth-order valence-corrected chi connectivity index (χ4v) is 5.15. The molecular formula is C23H20N4O5S2. The Balaban J connectivity index is 1.52. The van der Waals surface area contributed by atoms with Crippen molar-refractivity contribution in [2.24, 2.45) is 5.73 Å². The topological polar surface area (TPSA) is 137 Å². The van der Waals surface area contributed by atoms with Crippen LogP contribution in [0.5, 0.6) is 0 Å². The van der Waals surface area contributed by atoms with E-state index in [2.05, 4.69) is 15.3 Å². The average molecular weight is 497 g/mol. The zero-order chi connectivity index (χ0) is 24.2. The highest BCUT2D eigenvalue weighted by atomic mass is 32.2. The second-order valence-electron chi connectivity index (χ2n) is 7.03. The molecule has 0 spiro atoms. The summed E-state index contributed by atoms with van der Waals surface area (Å²) >= 11 is 2.76. The number of furan rings is 1. The lowest BCUT2D eigenvalue weighted by atomic mass is 10.1. The molecular weight excluding hydrogens is 476 g/mol. The summed E-state index contributed by atoms with van der Waals surface area (Å²) in [6.07, 6.45) is 1.46. The van der Waals surface area contributed by atoms with Crippen molar-refractivity contribution in [2.75, 3.05) is 17.7 Å². The number of benzene rings is 1. The number of aryl methyl sites for hydroxylation is 1. The van der Waals surface area contributed by atoms with E-state index < -0.39 is 17.8 Å². The number of primary amides is 1. The Labute approximate surface area is 202 Å². The van der Waals surface area contributed by atoms with Crippen LogP contribution < -0.4 is 11.1 Å². The number of amides is 2. The van der Waals surface area contributed by atoms with Crippen LogP contribution in [0.25, 0.3) is 20.7 Å². The van der Waals surface area contributed by atoms with Gasteiger partial charge in [0.25, 0.3) is 5.91 Å². The van der Waals surface area contributed by atoms with Gasteiger partial charge in [-0.2, -0.15) is 0 Å². The number of hydrogen-bond donors (Lipinski definition) is 2. The van der Waals surface area contributed by atoms with E-state index in [9.17, 15) is 14.4 Å². The van der Waals surface area contributed by atoms with Crippen LogP contribution in [0.1, 0.15) is 33.4 Å². The first-order valence-electron chi connectivity index (χ1n) is 10.2. The number of ether oxygens (including phenoxy) is 1. The molecule has 174 valence electrons. The molecule has 0 atom stereocenters. The Kier molecular flexibility index (Phi) is 6.94. The monoisotopic (exact) mass is 496 g/mol. The summed E-state index contributed by atoms with van der Waals surface area (Å²) in [5.41, 5.74) is 6.20. The molecule has 3 heterocycles. The van der Waals surface area contributed by atoms with Crippen molar-refractivity contribution in [1.29, 1.82) is 0 Å². The molecule has 3 aromatic heterocycles. The van der Waals surface area contributed by atoms with Gasteiger partial charge in [0, 0.05) is 10.3 Å². The number of carbonyl (C=O) groups is 3. The summed E-state index contributed by atoms with van der Waals surface area (Å²) in [5, 5.41) is 4.02. The SMILES string of the molecule is CCOC(=O)c1c(C)oc(NC(=O)CSc2ncnc3sc(-c4ccccc4)cc23)c1C(N)=O. The number of nitrogens with one attached hydrogen (secondary N) is 1. The first-order chi connectivity index (χ1) is 16.4. The highest BCUT2D eigenvalue weighted by Gasteiger charge is 2.29. The van der Waals surface area contributed by atoms with E-state index in [-0.39, 0.29) is 35.1 Å². The van der Waals surface area contributed by atoms with Gasteiger partial charge in [0.15, 0.2) is 0 Å². The van der Waals surface area contributed by atoms with E-state index in [0.717, 1.165) is 20.7 Å². The number of aromatic nitrogens is 2. The number of nitrogens with zero attached hydrogens (tertiary/aromatic N) is 2. The third-order valence-corrected chi connectivity index (χ3v) is 6.85. The standard InChI is InChI=1S/C23H20N4O5S2/c1-3-31-23(30)17-12(2)32-20(18(17)19(24)29)27-16(28)10-33-21-14-9-15(13-7-5-4-6-8-13)34-22(14)26-11-25-21/h4-9,11H,3,10H2,1-2H3,(H2,24,29)(H,27,28). The number of nitrogens with two attached hydrogens (primary N) is 1. The van der Waals surface area contributed by atoms with E-state index in [0.29, 0.717) is 5.03 Å². The van der Waals surface area contributed by atoms with Gasteiger partial charge in [-0.25, -0.2) is 14.8 Å². The Bertz CT molecular complexity index is 1380. The summed E-state index contributed by atoms with van der Waals surface area (Å²) in [6, 6.07) is 11.9. The molecule has 0 aliphatic carbocycles. The molecule has 4 rings (SSSR count). The largest absolute Gasteiger partial charge is 0.462 e. The van der Waals surface area contributed by atoms with Crippen LogP contribution in [-0.2, 0) is 9.53 Å². The van der Waals surface area contributed by atoms with Crippen molar-refractivity contribution in [3.05, 3.63) is 59.6 Å². The van der Waals surface area contributed by atoms with Crippen molar-refractivity contribution < 1.29 is 23.5 Å². The Morgan fingerprint density at radius 3 is 2.65 bits per heavy atom. The molecule has 0 aliphatic rings. The highest BCUT2D eigenvalue weighted by Crippen LogP contribution is 2.36. The average Bonchev–Trinajstić information content (AvgIpc) is 3.39. The molecule has 0 aliphatic heterocycles. The van der Waals surface area contributed by atoms with E-state index in [1.165, 1.54) is 25.0 Å². The minimum absolute atomic E-state index is 0.0185. The number of carbonyl (C=O) groups excluding carboxylic acids is 3. The molecule has 11 heteroatoms. The third kappa shape index (κ3) is 4.80. The molecule has 3 N–H and O–H groups in total. The second kappa shape index (κ2) is 10.1. The number of fused-ring (bicyclic) bond motifs is 1. The lowest BCUT2D eigenvalue weighted by Crippen LogP contribution is -2.21. The van der Waals surface area contributed by atoms with Gasteiger partial charge in [-0.05, 0) is 25.5 Å². The molecule has 1 aromatic carbocycles. The Morgan fingerprint density at radius 2 is 1.94 bits per heavy atom. The van der Waals surface area contributed by atoms with Crippen molar-refractivity contribution >= 4 is 57.0 Å². The van der Waals surface area contributed by atoms with Gasteiger partial charge in [-0.1, -0.05) is 42.1 Å². The van der Waals surface area contributed by atoms with E-state index in [4.69, 9.17) is 14.9 Å². The number of thiophene rings is 1. The second-order valence-corrected chi connectivity index (χ2v) is 9.03. The van der Waals surface area contributed by atoms with Gasteiger partial charge in [0.05, 0.1) is 12.4 Å². The van der Waals surface area contributed by atoms with Crippen LogP contribution in [-0.4, -0.2) is 40.1 Å². The fraction of sp³-hybridized carbons (Fsp3) is 0.174. The number of rotatable bonds is 8. The number of anilines is 1. The minimum Gasteiger partial charge on any atom is -0.462 e.